The van der Waals surface area contributed by atoms with Gasteiger partial charge in [-0.2, -0.15) is 0 Å². The van der Waals surface area contributed by atoms with Crippen LogP contribution < -0.4 is 5.73 Å². The lowest BCUT2D eigenvalue weighted by Crippen LogP contribution is -1.91. The van der Waals surface area contributed by atoms with Crippen LogP contribution in [-0.4, -0.2) is 4.98 Å². The summed E-state index contributed by atoms with van der Waals surface area (Å²) in [5.41, 5.74) is 7.32. The molecule has 0 amide bonds. The van der Waals surface area contributed by atoms with Crippen molar-refractivity contribution in [2.45, 2.75) is 16.8 Å². The number of pyridine rings is 1. The Morgan fingerprint density at radius 3 is 2.81 bits per heavy atom. The van der Waals surface area contributed by atoms with Crippen molar-refractivity contribution < 1.29 is 4.39 Å². The molecule has 1 aromatic heterocycles. The monoisotopic (exact) mass is 234 g/mol. The highest BCUT2D eigenvalue weighted by Crippen LogP contribution is 2.27. The summed E-state index contributed by atoms with van der Waals surface area (Å²) in [7, 11) is 0. The van der Waals surface area contributed by atoms with Crippen LogP contribution in [0.4, 0.5) is 10.1 Å². The minimum absolute atomic E-state index is 0.239. The molecule has 4 heteroatoms. The second kappa shape index (κ2) is 4.53. The molecule has 0 radical (unpaired) electrons. The van der Waals surface area contributed by atoms with E-state index in [4.69, 9.17) is 5.73 Å². The minimum Gasteiger partial charge on any atom is -0.397 e. The Labute approximate surface area is 97.7 Å². The maximum Gasteiger partial charge on any atom is 0.124 e. The van der Waals surface area contributed by atoms with E-state index in [9.17, 15) is 4.39 Å². The van der Waals surface area contributed by atoms with E-state index in [2.05, 4.69) is 4.98 Å². The highest BCUT2D eigenvalue weighted by molar-refractivity contribution is 7.99. The normalized spacial score (nSPS) is 10.4. The number of aromatic nitrogens is 1. The SMILES string of the molecule is Cc1cc(Sc2cccc(F)c2)ncc1N. The Balaban J connectivity index is 2.24. The van der Waals surface area contributed by atoms with E-state index in [0.29, 0.717) is 5.69 Å². The third-order valence-electron chi connectivity index (χ3n) is 2.14. The van der Waals surface area contributed by atoms with Crippen molar-refractivity contribution in [1.29, 1.82) is 0 Å². The first-order valence-electron chi connectivity index (χ1n) is 4.81. The predicted molar refractivity (Wildman–Crippen MR) is 63.9 cm³/mol. The van der Waals surface area contributed by atoms with Gasteiger partial charge in [-0.25, -0.2) is 9.37 Å². The molecule has 16 heavy (non-hydrogen) atoms. The molecule has 1 heterocycles. The number of nitrogens with two attached hydrogens (primary N) is 1. The topological polar surface area (TPSA) is 38.9 Å². The average Bonchev–Trinajstić information content (AvgIpc) is 2.24. The van der Waals surface area contributed by atoms with Crippen molar-refractivity contribution in [2.75, 3.05) is 5.73 Å². The maximum absolute atomic E-state index is 13.0. The summed E-state index contributed by atoms with van der Waals surface area (Å²) in [5.74, 6) is -0.239. The molecule has 0 aliphatic carbocycles. The number of anilines is 1. The van der Waals surface area contributed by atoms with Gasteiger partial charge in [0.1, 0.15) is 10.8 Å². The zero-order valence-corrected chi connectivity index (χ0v) is 9.59. The van der Waals surface area contributed by atoms with Gasteiger partial charge >= 0.3 is 0 Å². The highest BCUT2D eigenvalue weighted by Gasteiger charge is 2.02. The third-order valence-corrected chi connectivity index (χ3v) is 3.07. The summed E-state index contributed by atoms with van der Waals surface area (Å²) >= 11 is 1.42. The fourth-order valence-corrected chi connectivity index (χ4v) is 2.15. The molecule has 0 aliphatic rings. The molecule has 0 spiro atoms. The Morgan fingerprint density at radius 2 is 2.12 bits per heavy atom. The lowest BCUT2D eigenvalue weighted by atomic mass is 10.3. The van der Waals surface area contributed by atoms with Crippen LogP contribution in [0, 0.1) is 12.7 Å². The number of halogens is 1. The molecule has 2 nitrogen and oxygen atoms in total. The molecular formula is C12H11FN2S. The van der Waals surface area contributed by atoms with Crippen LogP contribution in [0.5, 0.6) is 0 Å². The van der Waals surface area contributed by atoms with E-state index < -0.39 is 0 Å². The summed E-state index contributed by atoms with van der Waals surface area (Å²) in [6, 6.07) is 8.33. The number of hydrogen-bond acceptors (Lipinski definition) is 3. The van der Waals surface area contributed by atoms with E-state index in [1.165, 1.54) is 23.9 Å². The Kier molecular flexibility index (Phi) is 3.10. The van der Waals surface area contributed by atoms with Gasteiger partial charge in [0.15, 0.2) is 0 Å². The van der Waals surface area contributed by atoms with Crippen LogP contribution in [0.1, 0.15) is 5.56 Å². The van der Waals surface area contributed by atoms with Crippen LogP contribution in [-0.2, 0) is 0 Å². The van der Waals surface area contributed by atoms with Gasteiger partial charge in [0.2, 0.25) is 0 Å². The average molecular weight is 234 g/mol. The van der Waals surface area contributed by atoms with Crippen molar-refractivity contribution in [1.82, 2.24) is 4.98 Å². The molecule has 82 valence electrons. The van der Waals surface area contributed by atoms with Crippen LogP contribution in [0.3, 0.4) is 0 Å². The number of hydrogen-bond donors (Lipinski definition) is 1. The van der Waals surface area contributed by atoms with Gasteiger partial charge in [-0.05, 0) is 36.8 Å². The second-order valence-electron chi connectivity index (χ2n) is 3.44. The zero-order valence-electron chi connectivity index (χ0n) is 8.77. The van der Waals surface area contributed by atoms with Gasteiger partial charge < -0.3 is 5.73 Å². The molecule has 0 unspecified atom stereocenters. The number of benzene rings is 1. The van der Waals surface area contributed by atoms with Crippen LogP contribution in [0.2, 0.25) is 0 Å². The molecule has 0 saturated heterocycles. The molecule has 2 aromatic rings. The lowest BCUT2D eigenvalue weighted by molar-refractivity contribution is 0.624. The number of aryl methyl sites for hydroxylation is 1. The third kappa shape index (κ3) is 2.52. The first-order valence-corrected chi connectivity index (χ1v) is 5.62. The van der Waals surface area contributed by atoms with Crippen LogP contribution in [0.25, 0.3) is 0 Å². The van der Waals surface area contributed by atoms with Crippen molar-refractivity contribution in [3.05, 3.63) is 47.9 Å². The minimum atomic E-state index is -0.239. The van der Waals surface area contributed by atoms with Crippen molar-refractivity contribution in [2.24, 2.45) is 0 Å². The largest absolute Gasteiger partial charge is 0.397 e. The number of rotatable bonds is 2. The number of nitrogen functional groups attached to an aromatic ring is 1. The molecule has 1 aromatic carbocycles. The van der Waals surface area contributed by atoms with E-state index in [1.807, 2.05) is 19.1 Å². The van der Waals surface area contributed by atoms with Gasteiger partial charge in [0.05, 0.1) is 11.9 Å². The van der Waals surface area contributed by atoms with Gasteiger partial charge in [-0.15, -0.1) is 0 Å². The van der Waals surface area contributed by atoms with E-state index in [1.54, 1.807) is 12.3 Å². The van der Waals surface area contributed by atoms with Gasteiger partial charge in [-0.3, -0.25) is 0 Å². The molecular weight excluding hydrogens is 223 g/mol. The van der Waals surface area contributed by atoms with Crippen molar-refractivity contribution in [3.8, 4) is 0 Å². The summed E-state index contributed by atoms with van der Waals surface area (Å²) < 4.78 is 13.0. The quantitative estimate of drug-likeness (QED) is 0.866. The molecule has 0 aliphatic heterocycles. The first kappa shape index (κ1) is 11.0. The maximum atomic E-state index is 13.0. The Morgan fingerprint density at radius 1 is 1.31 bits per heavy atom. The molecule has 0 bridgehead atoms. The first-order chi connectivity index (χ1) is 7.65. The molecule has 2 rings (SSSR count). The summed E-state index contributed by atoms with van der Waals surface area (Å²) in [4.78, 5) is 5.01. The van der Waals surface area contributed by atoms with E-state index >= 15 is 0 Å². The van der Waals surface area contributed by atoms with Gasteiger partial charge in [0.25, 0.3) is 0 Å². The summed E-state index contributed by atoms with van der Waals surface area (Å²) in [6.07, 6.45) is 1.62. The summed E-state index contributed by atoms with van der Waals surface area (Å²) in [5, 5.41) is 0.817. The Hall–Kier alpha value is -1.55. The van der Waals surface area contributed by atoms with Crippen LogP contribution in [0.15, 0.2) is 46.5 Å². The fourth-order valence-electron chi connectivity index (χ4n) is 1.25. The van der Waals surface area contributed by atoms with E-state index in [-0.39, 0.29) is 5.82 Å². The van der Waals surface area contributed by atoms with Crippen LogP contribution >= 0.6 is 11.8 Å². The molecule has 0 atom stereocenters. The second-order valence-corrected chi connectivity index (χ2v) is 4.53. The predicted octanol–water partition coefficient (Wildman–Crippen LogP) is 3.26. The fraction of sp³-hybridized carbons (Fsp3) is 0.0833. The molecule has 0 fully saturated rings. The Bertz CT molecular complexity index is 514. The smallest absolute Gasteiger partial charge is 0.124 e. The van der Waals surface area contributed by atoms with Crippen molar-refractivity contribution >= 4 is 17.4 Å². The molecule has 0 saturated carbocycles. The zero-order chi connectivity index (χ0) is 11.5. The lowest BCUT2D eigenvalue weighted by Gasteiger charge is -2.03. The van der Waals surface area contributed by atoms with Gasteiger partial charge in [0, 0.05) is 4.90 Å². The van der Waals surface area contributed by atoms with Crippen molar-refractivity contribution in [3.63, 3.8) is 0 Å². The summed E-state index contributed by atoms with van der Waals surface area (Å²) in [6.45, 7) is 1.92. The van der Waals surface area contributed by atoms with E-state index in [0.717, 1.165) is 15.5 Å². The standard InChI is InChI=1S/C12H11FN2S/c1-8-5-12(15-7-11(8)14)16-10-4-2-3-9(13)6-10/h2-7H,14H2,1H3. The number of nitrogens with zero attached hydrogens (tertiary/aromatic N) is 1. The van der Waals surface area contributed by atoms with Gasteiger partial charge in [-0.1, -0.05) is 17.8 Å². The molecule has 2 N–H and O–H groups in total. The highest BCUT2D eigenvalue weighted by atomic mass is 32.2.